The van der Waals surface area contributed by atoms with Gasteiger partial charge in [-0.05, 0) is 36.4 Å². The normalized spacial score (nSPS) is 10.8. The fourth-order valence-corrected chi connectivity index (χ4v) is 4.86. The first kappa shape index (κ1) is 22.7. The summed E-state index contributed by atoms with van der Waals surface area (Å²) in [5.41, 5.74) is 1.43. The van der Waals surface area contributed by atoms with Crippen molar-refractivity contribution >= 4 is 58.3 Å². The van der Waals surface area contributed by atoms with Crippen LogP contribution in [0.15, 0.2) is 88.9 Å². The monoisotopic (exact) mass is 500 g/mol. The van der Waals surface area contributed by atoms with Gasteiger partial charge in [-0.3, -0.25) is 9.36 Å². The molecule has 0 aliphatic rings. The second kappa shape index (κ2) is 10.9. The molecule has 0 saturated carbocycles. The van der Waals surface area contributed by atoms with Crippen LogP contribution < -0.4 is 5.32 Å². The highest BCUT2D eigenvalue weighted by atomic mass is 35.5. The molecule has 0 unspecified atom stereocenters. The molecule has 4 rings (SSSR count). The molecule has 0 fully saturated rings. The van der Waals surface area contributed by atoms with Crippen molar-refractivity contribution in [3.05, 3.63) is 94.7 Å². The van der Waals surface area contributed by atoms with Gasteiger partial charge in [0.25, 0.3) is 0 Å². The van der Waals surface area contributed by atoms with Gasteiger partial charge in [0.15, 0.2) is 5.16 Å². The molecule has 4 aromatic rings. The summed E-state index contributed by atoms with van der Waals surface area (Å²) in [7, 11) is 0. The van der Waals surface area contributed by atoms with Gasteiger partial charge in [-0.1, -0.05) is 77.4 Å². The minimum absolute atomic E-state index is 0.152. The smallest absolute Gasteiger partial charge is 0.234 e. The van der Waals surface area contributed by atoms with Crippen LogP contribution in [0.3, 0.4) is 0 Å². The van der Waals surface area contributed by atoms with Crippen LogP contribution in [0.1, 0.15) is 5.82 Å². The summed E-state index contributed by atoms with van der Waals surface area (Å²) < 4.78 is 1.99. The maximum atomic E-state index is 12.5. The second-order valence-corrected chi connectivity index (χ2v) is 9.39. The Morgan fingerprint density at radius 3 is 2.34 bits per heavy atom. The first-order valence-electron chi connectivity index (χ1n) is 9.66. The van der Waals surface area contributed by atoms with Crippen LogP contribution in [0.2, 0.25) is 10.0 Å². The molecule has 32 heavy (non-hydrogen) atoms. The van der Waals surface area contributed by atoms with Gasteiger partial charge in [-0.25, -0.2) is 0 Å². The third-order valence-corrected chi connectivity index (χ3v) is 7.14. The minimum Gasteiger partial charge on any atom is -0.324 e. The van der Waals surface area contributed by atoms with Gasteiger partial charge >= 0.3 is 0 Å². The molecular weight excluding hydrogens is 483 g/mol. The predicted octanol–water partition coefficient (Wildman–Crippen LogP) is 6.60. The van der Waals surface area contributed by atoms with Gasteiger partial charge in [0.05, 0.1) is 27.2 Å². The van der Waals surface area contributed by atoms with Crippen molar-refractivity contribution in [1.82, 2.24) is 14.8 Å². The van der Waals surface area contributed by atoms with Crippen molar-refractivity contribution in [2.75, 3.05) is 11.1 Å². The van der Waals surface area contributed by atoms with E-state index in [9.17, 15) is 4.79 Å². The number of nitrogens with zero attached hydrogens (tertiary/aromatic N) is 3. The summed E-state index contributed by atoms with van der Waals surface area (Å²) in [6.07, 6.45) is 0. The average molecular weight is 501 g/mol. The molecule has 0 aliphatic carbocycles. The number of hydrogen-bond acceptors (Lipinski definition) is 5. The van der Waals surface area contributed by atoms with Crippen LogP contribution in [-0.4, -0.2) is 26.4 Å². The number of nitrogens with one attached hydrogen (secondary N) is 1. The second-order valence-electron chi connectivity index (χ2n) is 6.61. The quantitative estimate of drug-likeness (QED) is 0.276. The van der Waals surface area contributed by atoms with E-state index in [0.717, 1.165) is 16.4 Å². The number of hydrogen-bond donors (Lipinski definition) is 1. The highest BCUT2D eigenvalue weighted by molar-refractivity contribution is 7.99. The van der Waals surface area contributed by atoms with Crippen molar-refractivity contribution < 1.29 is 4.79 Å². The van der Waals surface area contributed by atoms with Crippen molar-refractivity contribution in [2.45, 2.75) is 15.8 Å². The molecule has 0 bridgehead atoms. The summed E-state index contributed by atoms with van der Waals surface area (Å²) in [6, 6.07) is 25.1. The van der Waals surface area contributed by atoms with E-state index in [0.29, 0.717) is 26.6 Å². The topological polar surface area (TPSA) is 59.8 Å². The van der Waals surface area contributed by atoms with Crippen LogP contribution in [-0.2, 0) is 10.5 Å². The largest absolute Gasteiger partial charge is 0.324 e. The summed E-state index contributed by atoms with van der Waals surface area (Å²) in [5.74, 6) is 1.41. The van der Waals surface area contributed by atoms with Gasteiger partial charge in [0, 0.05) is 10.6 Å². The summed E-state index contributed by atoms with van der Waals surface area (Å²) in [4.78, 5) is 13.7. The lowest BCUT2D eigenvalue weighted by atomic mass is 10.3. The Bertz CT molecular complexity index is 1200. The van der Waals surface area contributed by atoms with E-state index >= 15 is 0 Å². The molecule has 0 aliphatic heterocycles. The van der Waals surface area contributed by atoms with Gasteiger partial charge in [-0.15, -0.1) is 22.0 Å². The molecule has 0 radical (unpaired) electrons. The molecule has 1 N–H and O–H groups in total. The first-order chi connectivity index (χ1) is 15.6. The third-order valence-electron chi connectivity index (χ3n) is 4.38. The lowest BCUT2D eigenvalue weighted by Gasteiger charge is -2.11. The zero-order valence-electron chi connectivity index (χ0n) is 16.7. The molecule has 0 spiro atoms. The van der Waals surface area contributed by atoms with Crippen molar-refractivity contribution in [3.63, 3.8) is 0 Å². The number of rotatable bonds is 8. The van der Waals surface area contributed by atoms with E-state index in [1.807, 2.05) is 53.1 Å². The lowest BCUT2D eigenvalue weighted by Crippen LogP contribution is -2.15. The third kappa shape index (κ3) is 5.66. The van der Waals surface area contributed by atoms with E-state index in [2.05, 4.69) is 27.6 Å². The first-order valence-corrected chi connectivity index (χ1v) is 12.4. The number of carbonyl (C=O) groups excluding carboxylic acids is 1. The Labute approximate surface area is 204 Å². The minimum atomic E-state index is -0.206. The van der Waals surface area contributed by atoms with Gasteiger partial charge < -0.3 is 5.32 Å². The van der Waals surface area contributed by atoms with Gasteiger partial charge in [0.1, 0.15) is 5.82 Å². The Kier molecular flexibility index (Phi) is 7.76. The molecule has 0 atom stereocenters. The Hall–Kier alpha value is -2.45. The average Bonchev–Trinajstić information content (AvgIpc) is 3.23. The molecule has 162 valence electrons. The van der Waals surface area contributed by atoms with Crippen LogP contribution in [0.25, 0.3) is 5.69 Å². The van der Waals surface area contributed by atoms with E-state index in [1.54, 1.807) is 30.0 Å². The number of para-hydroxylation sites is 1. The molecule has 0 saturated heterocycles. The molecule has 3 aromatic carbocycles. The number of benzene rings is 3. The molecule has 9 heteroatoms. The maximum absolute atomic E-state index is 12.5. The summed E-state index contributed by atoms with van der Waals surface area (Å²) >= 11 is 15.2. The van der Waals surface area contributed by atoms with E-state index in [4.69, 9.17) is 23.2 Å². The predicted molar refractivity (Wildman–Crippen MR) is 133 cm³/mol. The van der Waals surface area contributed by atoms with Gasteiger partial charge in [-0.2, -0.15) is 0 Å². The molecule has 1 amide bonds. The number of thioether (sulfide) groups is 2. The van der Waals surface area contributed by atoms with Crippen molar-refractivity contribution in [3.8, 4) is 5.69 Å². The fraction of sp³-hybridized carbons (Fsp3) is 0.0870. The van der Waals surface area contributed by atoms with Crippen LogP contribution in [0, 0.1) is 0 Å². The van der Waals surface area contributed by atoms with E-state index < -0.39 is 0 Å². The fourth-order valence-electron chi connectivity index (χ4n) is 2.91. The number of amides is 1. The zero-order chi connectivity index (χ0) is 22.3. The standard InChI is InChI=1S/C23H18Cl2N4OS2/c24-18-12-7-13-19(22(18)25)26-21(30)15-32-23-28-27-20(14-31-17-10-5-2-6-11-17)29(23)16-8-3-1-4-9-16/h1-13H,14-15H2,(H,26,30). The zero-order valence-corrected chi connectivity index (χ0v) is 19.9. The Balaban J connectivity index is 1.50. The maximum Gasteiger partial charge on any atom is 0.234 e. The SMILES string of the molecule is O=C(CSc1nnc(CSc2ccccc2)n1-c1ccccc1)Nc1cccc(Cl)c1Cl. The van der Waals surface area contributed by atoms with Crippen LogP contribution >= 0.6 is 46.7 Å². The molecule has 1 heterocycles. The number of anilines is 1. The van der Waals surface area contributed by atoms with Crippen molar-refractivity contribution in [1.29, 1.82) is 0 Å². The van der Waals surface area contributed by atoms with Crippen LogP contribution in [0.4, 0.5) is 5.69 Å². The van der Waals surface area contributed by atoms with Crippen molar-refractivity contribution in [2.24, 2.45) is 0 Å². The number of halogens is 2. The summed E-state index contributed by atoms with van der Waals surface area (Å²) in [6.45, 7) is 0. The van der Waals surface area contributed by atoms with E-state index in [-0.39, 0.29) is 11.7 Å². The number of aromatic nitrogens is 3. The van der Waals surface area contributed by atoms with Gasteiger partial charge in [0.2, 0.25) is 5.91 Å². The van der Waals surface area contributed by atoms with Crippen LogP contribution in [0.5, 0.6) is 0 Å². The molecule has 1 aromatic heterocycles. The van der Waals surface area contributed by atoms with E-state index in [1.165, 1.54) is 11.8 Å². The highest BCUT2D eigenvalue weighted by Gasteiger charge is 2.17. The Morgan fingerprint density at radius 2 is 1.59 bits per heavy atom. The molecular formula is C23H18Cl2N4OS2. The number of carbonyl (C=O) groups is 1. The Morgan fingerprint density at radius 1 is 0.875 bits per heavy atom. The highest BCUT2D eigenvalue weighted by Crippen LogP contribution is 2.30. The molecule has 5 nitrogen and oxygen atoms in total. The summed E-state index contributed by atoms with van der Waals surface area (Å²) in [5, 5.41) is 12.9. The lowest BCUT2D eigenvalue weighted by molar-refractivity contribution is -0.113.